The molecule has 0 spiro atoms. The van der Waals surface area contributed by atoms with Crippen molar-refractivity contribution in [2.45, 2.75) is 18.4 Å². The fourth-order valence-electron chi connectivity index (χ4n) is 1.65. The van der Waals surface area contributed by atoms with Gasteiger partial charge in [0.1, 0.15) is 0 Å². The lowest BCUT2D eigenvalue weighted by molar-refractivity contribution is -0.387. The van der Waals surface area contributed by atoms with Crippen LogP contribution < -0.4 is 4.72 Å². The smallest absolute Gasteiger partial charge is 0.276 e. The summed E-state index contributed by atoms with van der Waals surface area (Å²) < 4.78 is 28.8. The first-order valence-electron chi connectivity index (χ1n) is 5.82. The van der Waals surface area contributed by atoms with Gasteiger partial charge in [-0.05, 0) is 19.1 Å². The molecule has 10 heteroatoms. The van der Waals surface area contributed by atoms with E-state index < -0.39 is 25.5 Å². The van der Waals surface area contributed by atoms with Crippen LogP contribution in [0.5, 0.6) is 0 Å². The molecule has 0 fully saturated rings. The molecule has 1 N–H and O–H groups in total. The quantitative estimate of drug-likeness (QED) is 0.638. The van der Waals surface area contributed by atoms with Gasteiger partial charge in [0.15, 0.2) is 4.90 Å². The minimum atomic E-state index is -4.08. The van der Waals surface area contributed by atoms with Crippen LogP contribution in [0, 0.1) is 10.1 Å². The zero-order valence-corrected chi connectivity index (χ0v) is 13.3. The molecule has 0 atom stereocenters. The molecular formula is C11H11BrN4O4S. The standard InChI is InChI=1S/C11H11BrN4O4S/c1-2-15-7-9(6-13-15)14-21(19,20)11-5-8(12)3-4-10(11)16(17)18/h3-7,14H,2H2,1H3. The summed E-state index contributed by atoms with van der Waals surface area (Å²) in [5, 5.41) is 14.9. The van der Waals surface area contributed by atoms with Crippen LogP contribution in [0.3, 0.4) is 0 Å². The maximum Gasteiger partial charge on any atom is 0.289 e. The molecule has 0 aliphatic carbocycles. The van der Waals surface area contributed by atoms with Gasteiger partial charge in [0.05, 0.1) is 16.8 Å². The molecule has 2 aromatic rings. The predicted molar refractivity (Wildman–Crippen MR) is 79.5 cm³/mol. The van der Waals surface area contributed by atoms with Gasteiger partial charge in [0.2, 0.25) is 0 Å². The van der Waals surface area contributed by atoms with Crippen molar-refractivity contribution in [1.82, 2.24) is 9.78 Å². The molecule has 1 aromatic carbocycles. The Bertz CT molecular complexity index is 787. The number of aromatic nitrogens is 2. The van der Waals surface area contributed by atoms with Gasteiger partial charge in [0, 0.05) is 23.3 Å². The highest BCUT2D eigenvalue weighted by molar-refractivity contribution is 9.10. The van der Waals surface area contributed by atoms with Crippen molar-refractivity contribution in [3.8, 4) is 0 Å². The number of nitrogens with one attached hydrogen (secondary N) is 1. The van der Waals surface area contributed by atoms with Crippen LogP contribution in [0.1, 0.15) is 6.92 Å². The number of anilines is 1. The molecule has 0 aliphatic rings. The molecule has 8 nitrogen and oxygen atoms in total. The number of halogens is 1. The fourth-order valence-corrected chi connectivity index (χ4v) is 3.39. The van der Waals surface area contributed by atoms with E-state index in [4.69, 9.17) is 0 Å². The number of nitrogens with zero attached hydrogens (tertiary/aromatic N) is 3. The first-order valence-corrected chi connectivity index (χ1v) is 8.10. The Morgan fingerprint density at radius 2 is 2.19 bits per heavy atom. The lowest BCUT2D eigenvalue weighted by Crippen LogP contribution is -2.14. The highest BCUT2D eigenvalue weighted by atomic mass is 79.9. The third-order valence-electron chi connectivity index (χ3n) is 2.62. The average Bonchev–Trinajstić information content (AvgIpc) is 2.85. The van der Waals surface area contributed by atoms with Crippen molar-refractivity contribution >= 4 is 37.3 Å². The average molecular weight is 375 g/mol. The minimum Gasteiger partial charge on any atom is -0.276 e. The van der Waals surface area contributed by atoms with Crippen LogP contribution >= 0.6 is 15.9 Å². The highest BCUT2D eigenvalue weighted by Crippen LogP contribution is 2.28. The van der Waals surface area contributed by atoms with Gasteiger partial charge >= 0.3 is 0 Å². The SMILES string of the molecule is CCn1cc(NS(=O)(=O)c2cc(Br)ccc2[N+](=O)[O-])cn1. The van der Waals surface area contributed by atoms with Gasteiger partial charge in [0.25, 0.3) is 15.7 Å². The Kier molecular flexibility index (Phi) is 4.28. The molecule has 1 heterocycles. The van der Waals surface area contributed by atoms with Crippen LogP contribution in [-0.2, 0) is 16.6 Å². The van der Waals surface area contributed by atoms with E-state index in [1.54, 1.807) is 0 Å². The molecule has 0 radical (unpaired) electrons. The van der Waals surface area contributed by atoms with Gasteiger partial charge in [-0.3, -0.25) is 19.5 Å². The summed E-state index contributed by atoms with van der Waals surface area (Å²) in [6.45, 7) is 2.43. The molecule has 2 rings (SSSR count). The molecule has 0 saturated carbocycles. The van der Waals surface area contributed by atoms with E-state index in [-0.39, 0.29) is 5.69 Å². The highest BCUT2D eigenvalue weighted by Gasteiger charge is 2.26. The fraction of sp³-hybridized carbons (Fsp3) is 0.182. The second kappa shape index (κ2) is 5.82. The lowest BCUT2D eigenvalue weighted by Gasteiger charge is -2.07. The van der Waals surface area contributed by atoms with E-state index >= 15 is 0 Å². The molecule has 0 saturated heterocycles. The largest absolute Gasteiger partial charge is 0.289 e. The second-order valence-electron chi connectivity index (χ2n) is 4.06. The molecule has 0 aliphatic heterocycles. The van der Waals surface area contributed by atoms with Gasteiger partial charge in [-0.1, -0.05) is 15.9 Å². The van der Waals surface area contributed by atoms with Crippen LogP contribution in [0.4, 0.5) is 11.4 Å². The maximum absolute atomic E-state index is 12.3. The minimum absolute atomic E-state index is 0.242. The number of rotatable bonds is 5. The van der Waals surface area contributed by atoms with Gasteiger partial charge in [-0.2, -0.15) is 5.10 Å². The summed E-state index contributed by atoms with van der Waals surface area (Å²) in [6, 6.07) is 3.73. The summed E-state index contributed by atoms with van der Waals surface area (Å²) in [7, 11) is -4.08. The molecule has 0 unspecified atom stereocenters. The van der Waals surface area contributed by atoms with E-state index in [1.165, 1.54) is 29.2 Å². The molecule has 1 aromatic heterocycles. The Hall–Kier alpha value is -1.94. The van der Waals surface area contributed by atoms with Gasteiger partial charge in [-0.25, -0.2) is 8.42 Å². The van der Waals surface area contributed by atoms with E-state index in [0.717, 1.165) is 6.07 Å². The normalized spacial score (nSPS) is 11.3. The van der Waals surface area contributed by atoms with Crippen molar-refractivity contribution in [1.29, 1.82) is 0 Å². The van der Waals surface area contributed by atoms with Crippen molar-refractivity contribution in [2.24, 2.45) is 0 Å². The van der Waals surface area contributed by atoms with Gasteiger partial charge < -0.3 is 0 Å². The Labute approximate surface area is 129 Å². The van der Waals surface area contributed by atoms with E-state index in [9.17, 15) is 18.5 Å². The molecule has 0 bridgehead atoms. The Balaban J connectivity index is 2.43. The first-order chi connectivity index (χ1) is 9.83. The number of benzene rings is 1. The van der Waals surface area contributed by atoms with E-state index in [1.807, 2.05) is 6.92 Å². The second-order valence-corrected chi connectivity index (χ2v) is 6.63. The molecule has 21 heavy (non-hydrogen) atoms. The Morgan fingerprint density at radius 3 is 2.76 bits per heavy atom. The summed E-state index contributed by atoms with van der Waals surface area (Å²) >= 11 is 3.11. The topological polar surface area (TPSA) is 107 Å². The number of nitro groups is 1. The Morgan fingerprint density at radius 1 is 1.48 bits per heavy atom. The number of hydrogen-bond acceptors (Lipinski definition) is 5. The van der Waals surface area contributed by atoms with Crippen molar-refractivity contribution < 1.29 is 13.3 Å². The number of aryl methyl sites for hydroxylation is 1. The zero-order valence-electron chi connectivity index (χ0n) is 10.9. The zero-order chi connectivity index (χ0) is 15.6. The van der Waals surface area contributed by atoms with Crippen LogP contribution in [0.2, 0.25) is 0 Å². The summed E-state index contributed by atoms with van der Waals surface area (Å²) in [6.07, 6.45) is 2.84. The summed E-state index contributed by atoms with van der Waals surface area (Å²) in [5.74, 6) is 0. The lowest BCUT2D eigenvalue weighted by atomic mass is 10.3. The molecule has 0 amide bonds. The first kappa shape index (κ1) is 15.4. The third kappa shape index (κ3) is 3.39. The number of hydrogen-bond donors (Lipinski definition) is 1. The van der Waals surface area contributed by atoms with Crippen LogP contribution in [0.15, 0.2) is 40.0 Å². The molecular weight excluding hydrogens is 364 g/mol. The van der Waals surface area contributed by atoms with Gasteiger partial charge in [-0.15, -0.1) is 0 Å². The summed E-state index contributed by atoms with van der Waals surface area (Å²) in [5.41, 5.74) is -0.250. The third-order valence-corrected chi connectivity index (χ3v) is 4.52. The van der Waals surface area contributed by atoms with Crippen molar-refractivity contribution in [3.05, 3.63) is 45.2 Å². The van der Waals surface area contributed by atoms with Crippen molar-refractivity contribution in [2.75, 3.05) is 4.72 Å². The molecule has 112 valence electrons. The monoisotopic (exact) mass is 374 g/mol. The van der Waals surface area contributed by atoms with Crippen LogP contribution in [0.25, 0.3) is 0 Å². The van der Waals surface area contributed by atoms with E-state index in [0.29, 0.717) is 11.0 Å². The summed E-state index contributed by atoms with van der Waals surface area (Å²) in [4.78, 5) is 9.81. The predicted octanol–water partition coefficient (Wildman–Crippen LogP) is 2.37. The number of nitro benzene ring substituents is 1. The van der Waals surface area contributed by atoms with E-state index in [2.05, 4.69) is 25.8 Å². The number of sulfonamides is 1. The van der Waals surface area contributed by atoms with Crippen molar-refractivity contribution in [3.63, 3.8) is 0 Å². The maximum atomic E-state index is 12.3. The van der Waals surface area contributed by atoms with Crippen LogP contribution in [-0.4, -0.2) is 23.1 Å².